The number of piperidine rings is 1. The van der Waals surface area contributed by atoms with E-state index in [0.717, 1.165) is 44.7 Å². The van der Waals surface area contributed by atoms with Gasteiger partial charge in [-0.15, -0.1) is 0 Å². The van der Waals surface area contributed by atoms with Crippen LogP contribution in [0.15, 0.2) is 6.20 Å². The molecular weight excluding hydrogens is 326 g/mol. The average molecular weight is 362 g/mol. The van der Waals surface area contributed by atoms with E-state index >= 15 is 0 Å². The second kappa shape index (κ2) is 9.54. The molecule has 26 heavy (non-hydrogen) atoms. The second-order valence-corrected chi connectivity index (χ2v) is 8.22. The van der Waals surface area contributed by atoms with E-state index in [9.17, 15) is 4.79 Å². The number of imidazole rings is 1. The molecule has 1 unspecified atom stereocenters. The van der Waals surface area contributed by atoms with Crippen molar-refractivity contribution in [2.45, 2.75) is 71.3 Å². The molecule has 1 aliphatic heterocycles. The predicted octanol–water partition coefficient (Wildman–Crippen LogP) is 3.59. The van der Waals surface area contributed by atoms with Gasteiger partial charge in [-0.25, -0.2) is 4.98 Å². The normalized spacial score (nSPS) is 21.9. The number of hydrogen-bond donors (Lipinski definition) is 0. The molecule has 0 N–H and O–H groups in total. The van der Waals surface area contributed by atoms with Crippen molar-refractivity contribution >= 4 is 5.91 Å². The molecular formula is C21H35N3O2. The number of methoxy groups -OCH3 is 1. The maximum absolute atomic E-state index is 12.8. The molecule has 2 aliphatic rings. The highest BCUT2D eigenvalue weighted by atomic mass is 16.5. The summed E-state index contributed by atoms with van der Waals surface area (Å²) in [5, 5.41) is 0. The average Bonchev–Trinajstić information content (AvgIpc) is 3.00. The molecule has 1 aromatic rings. The number of aromatic nitrogens is 2. The molecule has 1 saturated carbocycles. The number of ether oxygens (including phenoxy) is 1. The lowest BCUT2D eigenvalue weighted by molar-refractivity contribution is -0.134. The lowest BCUT2D eigenvalue weighted by atomic mass is 9.86. The van der Waals surface area contributed by atoms with Crippen LogP contribution in [0, 0.1) is 18.8 Å². The summed E-state index contributed by atoms with van der Waals surface area (Å²) in [5.74, 6) is 2.70. The number of carbonyl (C=O) groups excluding carboxylic acids is 1. The van der Waals surface area contributed by atoms with Crippen LogP contribution >= 0.6 is 0 Å². The maximum Gasteiger partial charge on any atom is 0.222 e. The first kappa shape index (κ1) is 19.4. The van der Waals surface area contributed by atoms with Crippen LogP contribution in [0.4, 0.5) is 0 Å². The fourth-order valence-corrected chi connectivity index (χ4v) is 4.65. The molecule has 2 fully saturated rings. The molecule has 1 aliphatic carbocycles. The van der Waals surface area contributed by atoms with E-state index in [1.54, 1.807) is 7.11 Å². The van der Waals surface area contributed by atoms with Gasteiger partial charge >= 0.3 is 0 Å². The molecule has 5 heteroatoms. The minimum atomic E-state index is 0.389. The van der Waals surface area contributed by atoms with Crippen LogP contribution < -0.4 is 0 Å². The third kappa shape index (κ3) is 5.09. The highest BCUT2D eigenvalue weighted by Crippen LogP contribution is 2.28. The van der Waals surface area contributed by atoms with Crippen LogP contribution in [-0.4, -0.2) is 47.2 Å². The standard InChI is InChI=1S/C21H35N3O2/c1-17-15-22-20(24(17)11-12-26-2)13-19-9-6-10-23(16-19)21(25)14-18-7-4-3-5-8-18/h15,18-19H,3-14,16H2,1-2H3. The molecule has 0 spiro atoms. The number of carbonyl (C=O) groups is 1. The van der Waals surface area contributed by atoms with Gasteiger partial charge in [-0.1, -0.05) is 19.3 Å². The molecule has 1 aromatic heterocycles. The minimum absolute atomic E-state index is 0.389. The summed E-state index contributed by atoms with van der Waals surface area (Å²) in [6.07, 6.45) is 12.5. The molecule has 146 valence electrons. The summed E-state index contributed by atoms with van der Waals surface area (Å²) in [4.78, 5) is 19.5. The van der Waals surface area contributed by atoms with Crippen LogP contribution in [0.1, 0.15) is 62.9 Å². The van der Waals surface area contributed by atoms with Crippen molar-refractivity contribution in [2.24, 2.45) is 11.8 Å². The number of hydrogen-bond acceptors (Lipinski definition) is 3. The zero-order chi connectivity index (χ0) is 18.4. The SMILES string of the molecule is COCCn1c(C)cnc1CC1CCCN(C(=O)CC2CCCCC2)C1. The monoisotopic (exact) mass is 361 g/mol. The van der Waals surface area contributed by atoms with Gasteiger partial charge in [0.25, 0.3) is 0 Å². The zero-order valence-corrected chi connectivity index (χ0v) is 16.6. The van der Waals surface area contributed by atoms with Crippen LogP contribution in [-0.2, 0) is 22.5 Å². The first-order chi connectivity index (χ1) is 12.7. The summed E-state index contributed by atoms with van der Waals surface area (Å²) in [6.45, 7) is 5.52. The number of aryl methyl sites for hydroxylation is 1. The Balaban J connectivity index is 1.54. The Morgan fingerprint density at radius 1 is 1.19 bits per heavy atom. The second-order valence-electron chi connectivity index (χ2n) is 8.22. The van der Waals surface area contributed by atoms with Crippen molar-refractivity contribution < 1.29 is 9.53 Å². The van der Waals surface area contributed by atoms with Gasteiger partial charge in [0.15, 0.2) is 0 Å². The molecule has 0 aromatic carbocycles. The van der Waals surface area contributed by atoms with Crippen molar-refractivity contribution in [3.05, 3.63) is 17.7 Å². The van der Waals surface area contributed by atoms with Gasteiger partial charge in [-0.3, -0.25) is 4.79 Å². The molecule has 3 rings (SSSR count). The predicted molar refractivity (Wildman–Crippen MR) is 103 cm³/mol. The topological polar surface area (TPSA) is 47.4 Å². The largest absolute Gasteiger partial charge is 0.383 e. The Hall–Kier alpha value is -1.36. The minimum Gasteiger partial charge on any atom is -0.383 e. The summed E-state index contributed by atoms with van der Waals surface area (Å²) in [6, 6.07) is 0. The van der Waals surface area contributed by atoms with Crippen molar-refractivity contribution in [2.75, 3.05) is 26.8 Å². The molecule has 0 radical (unpaired) electrons. The lowest BCUT2D eigenvalue weighted by Crippen LogP contribution is -2.41. The maximum atomic E-state index is 12.8. The van der Waals surface area contributed by atoms with Crippen molar-refractivity contribution in [1.29, 1.82) is 0 Å². The Kier molecular flexibility index (Phi) is 7.12. The number of amides is 1. The van der Waals surface area contributed by atoms with Gasteiger partial charge in [-0.2, -0.15) is 0 Å². The van der Waals surface area contributed by atoms with Crippen molar-refractivity contribution in [1.82, 2.24) is 14.5 Å². The molecule has 1 atom stereocenters. The van der Waals surface area contributed by atoms with E-state index in [2.05, 4.69) is 21.4 Å². The van der Waals surface area contributed by atoms with E-state index in [0.29, 0.717) is 24.3 Å². The number of rotatable bonds is 7. The Morgan fingerprint density at radius 3 is 2.73 bits per heavy atom. The van der Waals surface area contributed by atoms with Crippen LogP contribution in [0.2, 0.25) is 0 Å². The first-order valence-electron chi connectivity index (χ1n) is 10.4. The summed E-state index contributed by atoms with van der Waals surface area (Å²) >= 11 is 0. The highest BCUT2D eigenvalue weighted by molar-refractivity contribution is 5.76. The van der Waals surface area contributed by atoms with E-state index < -0.39 is 0 Å². The third-order valence-electron chi connectivity index (χ3n) is 6.19. The van der Waals surface area contributed by atoms with Gasteiger partial charge < -0.3 is 14.2 Å². The highest BCUT2D eigenvalue weighted by Gasteiger charge is 2.27. The van der Waals surface area contributed by atoms with Gasteiger partial charge in [-0.05, 0) is 44.4 Å². The Bertz CT molecular complexity index is 578. The fraction of sp³-hybridized carbons (Fsp3) is 0.810. The Labute approximate surface area is 158 Å². The van der Waals surface area contributed by atoms with Crippen LogP contribution in [0.5, 0.6) is 0 Å². The lowest BCUT2D eigenvalue weighted by Gasteiger charge is -2.34. The van der Waals surface area contributed by atoms with Gasteiger partial charge in [0, 0.05) is 51.5 Å². The summed E-state index contributed by atoms with van der Waals surface area (Å²) in [5.41, 5.74) is 1.19. The Morgan fingerprint density at radius 2 is 1.96 bits per heavy atom. The summed E-state index contributed by atoms with van der Waals surface area (Å²) < 4.78 is 7.50. The van der Waals surface area contributed by atoms with E-state index in [-0.39, 0.29) is 0 Å². The first-order valence-corrected chi connectivity index (χ1v) is 10.4. The molecule has 0 bridgehead atoms. The third-order valence-corrected chi connectivity index (χ3v) is 6.19. The molecule has 2 heterocycles. The fourth-order valence-electron chi connectivity index (χ4n) is 4.65. The van der Waals surface area contributed by atoms with E-state index in [1.165, 1.54) is 44.2 Å². The zero-order valence-electron chi connectivity index (χ0n) is 16.6. The van der Waals surface area contributed by atoms with Gasteiger partial charge in [0.2, 0.25) is 5.91 Å². The van der Waals surface area contributed by atoms with Gasteiger partial charge in [0.1, 0.15) is 5.82 Å². The molecule has 1 saturated heterocycles. The van der Waals surface area contributed by atoms with Crippen LogP contribution in [0.25, 0.3) is 0 Å². The molecule has 1 amide bonds. The van der Waals surface area contributed by atoms with E-state index in [4.69, 9.17) is 4.74 Å². The van der Waals surface area contributed by atoms with Crippen molar-refractivity contribution in [3.8, 4) is 0 Å². The number of likely N-dealkylation sites (tertiary alicyclic amines) is 1. The number of nitrogens with zero attached hydrogens (tertiary/aromatic N) is 3. The van der Waals surface area contributed by atoms with Crippen LogP contribution in [0.3, 0.4) is 0 Å². The molecule has 5 nitrogen and oxygen atoms in total. The van der Waals surface area contributed by atoms with E-state index in [1.807, 2.05) is 6.20 Å². The van der Waals surface area contributed by atoms with Gasteiger partial charge in [0.05, 0.1) is 6.61 Å². The summed E-state index contributed by atoms with van der Waals surface area (Å²) in [7, 11) is 1.74. The quantitative estimate of drug-likeness (QED) is 0.746. The smallest absolute Gasteiger partial charge is 0.222 e. The van der Waals surface area contributed by atoms with Crippen molar-refractivity contribution in [3.63, 3.8) is 0 Å².